The van der Waals surface area contributed by atoms with Crippen molar-refractivity contribution in [2.24, 2.45) is 5.41 Å². The number of hydrogen-bond acceptors (Lipinski definition) is 2. The Hall–Kier alpha value is -1.51. The van der Waals surface area contributed by atoms with Gasteiger partial charge >= 0.3 is 0 Å². The molecule has 0 fully saturated rings. The summed E-state index contributed by atoms with van der Waals surface area (Å²) in [6.07, 6.45) is 0.876. The SMILES string of the molecule is COc1cccc2c1CCN(C(=O)C(C)(C)C)C2. The molecular weight excluding hydrogens is 226 g/mol. The summed E-state index contributed by atoms with van der Waals surface area (Å²) < 4.78 is 5.37. The van der Waals surface area contributed by atoms with E-state index in [1.54, 1.807) is 7.11 Å². The van der Waals surface area contributed by atoms with Crippen molar-refractivity contribution in [1.29, 1.82) is 0 Å². The lowest BCUT2D eigenvalue weighted by Crippen LogP contribution is -2.42. The first-order valence-corrected chi connectivity index (χ1v) is 6.37. The molecule has 2 rings (SSSR count). The zero-order chi connectivity index (χ0) is 13.3. The predicted octanol–water partition coefficient (Wildman–Crippen LogP) is 2.63. The molecule has 1 heterocycles. The summed E-state index contributed by atoms with van der Waals surface area (Å²) in [4.78, 5) is 14.2. The molecule has 0 aromatic heterocycles. The van der Waals surface area contributed by atoms with E-state index in [1.165, 1.54) is 11.1 Å². The van der Waals surface area contributed by atoms with Crippen molar-refractivity contribution in [1.82, 2.24) is 4.90 Å². The van der Waals surface area contributed by atoms with Gasteiger partial charge in [0.25, 0.3) is 0 Å². The quantitative estimate of drug-likeness (QED) is 0.763. The van der Waals surface area contributed by atoms with Crippen LogP contribution in [-0.4, -0.2) is 24.5 Å². The zero-order valence-electron chi connectivity index (χ0n) is 11.6. The van der Waals surface area contributed by atoms with Crippen molar-refractivity contribution in [2.75, 3.05) is 13.7 Å². The summed E-state index contributed by atoms with van der Waals surface area (Å²) in [5.74, 6) is 1.16. The van der Waals surface area contributed by atoms with Crippen LogP contribution in [0.25, 0.3) is 0 Å². The van der Waals surface area contributed by atoms with Gasteiger partial charge in [0.05, 0.1) is 7.11 Å². The van der Waals surface area contributed by atoms with Crippen molar-refractivity contribution in [3.63, 3.8) is 0 Å². The van der Waals surface area contributed by atoms with Crippen LogP contribution in [0, 0.1) is 5.41 Å². The number of ether oxygens (including phenoxy) is 1. The highest BCUT2D eigenvalue weighted by molar-refractivity contribution is 5.81. The third kappa shape index (κ3) is 2.35. The first-order chi connectivity index (χ1) is 8.43. The Kier molecular flexibility index (Phi) is 3.33. The number of fused-ring (bicyclic) bond motifs is 1. The van der Waals surface area contributed by atoms with Gasteiger partial charge in [-0.05, 0) is 18.1 Å². The van der Waals surface area contributed by atoms with E-state index < -0.39 is 0 Å². The average molecular weight is 247 g/mol. The lowest BCUT2D eigenvalue weighted by Gasteiger charge is -2.34. The number of methoxy groups -OCH3 is 1. The second-order valence-corrected chi connectivity index (χ2v) is 5.82. The molecule has 0 saturated heterocycles. The third-order valence-corrected chi connectivity index (χ3v) is 3.37. The molecule has 3 nitrogen and oxygen atoms in total. The van der Waals surface area contributed by atoms with Crippen LogP contribution in [0.15, 0.2) is 18.2 Å². The Labute approximate surface area is 109 Å². The van der Waals surface area contributed by atoms with Gasteiger partial charge in [-0.3, -0.25) is 4.79 Å². The molecule has 1 amide bonds. The first-order valence-electron chi connectivity index (χ1n) is 6.37. The average Bonchev–Trinajstić information content (AvgIpc) is 2.35. The van der Waals surface area contributed by atoms with E-state index in [2.05, 4.69) is 6.07 Å². The molecule has 0 spiro atoms. The number of carbonyl (C=O) groups is 1. The normalized spacial score (nSPS) is 15.2. The van der Waals surface area contributed by atoms with Gasteiger partial charge in [0.1, 0.15) is 5.75 Å². The van der Waals surface area contributed by atoms with Gasteiger partial charge in [0, 0.05) is 24.1 Å². The maximum Gasteiger partial charge on any atom is 0.228 e. The monoisotopic (exact) mass is 247 g/mol. The summed E-state index contributed by atoms with van der Waals surface area (Å²) in [6, 6.07) is 6.06. The summed E-state index contributed by atoms with van der Waals surface area (Å²) in [5, 5.41) is 0. The second-order valence-electron chi connectivity index (χ2n) is 5.82. The Balaban J connectivity index is 2.23. The Morgan fingerprint density at radius 1 is 1.33 bits per heavy atom. The maximum atomic E-state index is 12.3. The van der Waals surface area contributed by atoms with Crippen LogP contribution in [0.3, 0.4) is 0 Å². The maximum absolute atomic E-state index is 12.3. The van der Waals surface area contributed by atoms with Gasteiger partial charge in [-0.25, -0.2) is 0 Å². The first kappa shape index (κ1) is 12.9. The minimum atomic E-state index is -0.309. The topological polar surface area (TPSA) is 29.5 Å². The number of hydrogen-bond donors (Lipinski definition) is 0. The summed E-state index contributed by atoms with van der Waals surface area (Å²) in [7, 11) is 1.70. The van der Waals surface area contributed by atoms with E-state index in [-0.39, 0.29) is 11.3 Å². The Morgan fingerprint density at radius 3 is 2.67 bits per heavy atom. The van der Waals surface area contributed by atoms with Crippen LogP contribution < -0.4 is 4.74 Å². The third-order valence-electron chi connectivity index (χ3n) is 3.37. The van der Waals surface area contributed by atoms with Crippen LogP contribution in [0.5, 0.6) is 5.75 Å². The van der Waals surface area contributed by atoms with Crippen LogP contribution >= 0.6 is 0 Å². The summed E-state index contributed by atoms with van der Waals surface area (Å²) >= 11 is 0. The number of nitrogens with zero attached hydrogens (tertiary/aromatic N) is 1. The zero-order valence-corrected chi connectivity index (χ0v) is 11.6. The van der Waals surface area contributed by atoms with Gasteiger partial charge in [-0.15, -0.1) is 0 Å². The molecule has 1 aromatic carbocycles. The standard InChI is InChI=1S/C15H21NO2/c1-15(2,3)14(17)16-9-8-12-11(10-16)6-5-7-13(12)18-4/h5-7H,8-10H2,1-4H3. The van der Waals surface area contributed by atoms with Crippen molar-refractivity contribution in [3.05, 3.63) is 29.3 Å². The predicted molar refractivity (Wildman–Crippen MR) is 71.6 cm³/mol. The molecule has 1 aliphatic rings. The van der Waals surface area contributed by atoms with Gasteiger partial charge in [-0.1, -0.05) is 32.9 Å². The summed E-state index contributed by atoms with van der Waals surface area (Å²) in [5.41, 5.74) is 2.15. The number of benzene rings is 1. The molecule has 3 heteroatoms. The van der Waals surface area contributed by atoms with Crippen molar-refractivity contribution >= 4 is 5.91 Å². The number of amides is 1. The minimum Gasteiger partial charge on any atom is -0.496 e. The molecule has 0 unspecified atom stereocenters. The minimum absolute atomic E-state index is 0.218. The van der Waals surface area contributed by atoms with E-state index in [9.17, 15) is 4.79 Å². The van der Waals surface area contributed by atoms with Crippen LogP contribution in [0.1, 0.15) is 31.9 Å². The van der Waals surface area contributed by atoms with Gasteiger partial charge in [0.15, 0.2) is 0 Å². The Bertz CT molecular complexity index is 460. The van der Waals surface area contributed by atoms with Crippen molar-refractivity contribution in [2.45, 2.75) is 33.7 Å². The van der Waals surface area contributed by atoms with E-state index in [1.807, 2.05) is 37.8 Å². The lowest BCUT2D eigenvalue weighted by molar-refractivity contribution is -0.140. The molecule has 1 aliphatic heterocycles. The number of rotatable bonds is 1. The highest BCUT2D eigenvalue weighted by Gasteiger charge is 2.30. The fraction of sp³-hybridized carbons (Fsp3) is 0.533. The van der Waals surface area contributed by atoms with Gasteiger partial charge in [0.2, 0.25) is 5.91 Å². The van der Waals surface area contributed by atoms with Gasteiger partial charge < -0.3 is 9.64 Å². The highest BCUT2D eigenvalue weighted by atomic mass is 16.5. The molecule has 0 radical (unpaired) electrons. The van der Waals surface area contributed by atoms with E-state index in [4.69, 9.17) is 4.74 Å². The molecular formula is C15H21NO2. The van der Waals surface area contributed by atoms with Crippen LogP contribution in [0.2, 0.25) is 0 Å². The molecule has 0 bridgehead atoms. The Morgan fingerprint density at radius 2 is 2.06 bits per heavy atom. The second kappa shape index (κ2) is 4.63. The molecule has 0 saturated carbocycles. The highest BCUT2D eigenvalue weighted by Crippen LogP contribution is 2.29. The summed E-state index contributed by atoms with van der Waals surface area (Å²) in [6.45, 7) is 7.38. The van der Waals surface area contributed by atoms with Gasteiger partial charge in [-0.2, -0.15) is 0 Å². The van der Waals surface area contributed by atoms with Crippen molar-refractivity contribution in [3.8, 4) is 5.75 Å². The van der Waals surface area contributed by atoms with Crippen LogP contribution in [0.4, 0.5) is 0 Å². The van der Waals surface area contributed by atoms with E-state index >= 15 is 0 Å². The molecule has 0 N–H and O–H groups in total. The smallest absolute Gasteiger partial charge is 0.228 e. The molecule has 0 atom stereocenters. The van der Waals surface area contributed by atoms with E-state index in [0.29, 0.717) is 6.54 Å². The molecule has 98 valence electrons. The fourth-order valence-electron chi connectivity index (χ4n) is 2.41. The molecule has 18 heavy (non-hydrogen) atoms. The largest absolute Gasteiger partial charge is 0.496 e. The molecule has 1 aromatic rings. The number of carbonyl (C=O) groups excluding carboxylic acids is 1. The molecule has 0 aliphatic carbocycles. The fourth-order valence-corrected chi connectivity index (χ4v) is 2.41. The van der Waals surface area contributed by atoms with Crippen molar-refractivity contribution < 1.29 is 9.53 Å². The van der Waals surface area contributed by atoms with E-state index in [0.717, 1.165) is 18.7 Å². The van der Waals surface area contributed by atoms with Crippen LogP contribution in [-0.2, 0) is 17.8 Å². The lowest BCUT2D eigenvalue weighted by atomic mass is 9.92.